The van der Waals surface area contributed by atoms with Crippen LogP contribution < -0.4 is 10.6 Å². The van der Waals surface area contributed by atoms with Gasteiger partial charge in [0.2, 0.25) is 0 Å². The molecule has 3 aromatic carbocycles. The summed E-state index contributed by atoms with van der Waals surface area (Å²) in [4.78, 5) is 29.0. The maximum Gasteiger partial charge on any atom is 0.255 e. The molecule has 1 aromatic heterocycles. The van der Waals surface area contributed by atoms with E-state index in [0.717, 1.165) is 11.1 Å². The number of oxazole rings is 1. The van der Waals surface area contributed by atoms with E-state index in [4.69, 9.17) is 4.42 Å². The molecule has 0 fully saturated rings. The van der Waals surface area contributed by atoms with Crippen LogP contribution in [0.15, 0.2) is 89.8 Å². The normalized spacial score (nSPS) is 10.4. The van der Waals surface area contributed by atoms with Crippen molar-refractivity contribution >= 4 is 23.2 Å². The molecule has 148 valence electrons. The van der Waals surface area contributed by atoms with E-state index < -0.39 is 0 Å². The van der Waals surface area contributed by atoms with Crippen molar-refractivity contribution in [3.8, 4) is 11.3 Å². The van der Waals surface area contributed by atoms with Crippen molar-refractivity contribution < 1.29 is 14.0 Å². The number of aryl methyl sites for hydroxylation is 1. The van der Waals surface area contributed by atoms with Gasteiger partial charge >= 0.3 is 0 Å². The third kappa shape index (κ3) is 4.28. The van der Waals surface area contributed by atoms with Crippen LogP contribution in [0.5, 0.6) is 0 Å². The molecule has 1 heterocycles. The molecule has 0 unspecified atom stereocenters. The lowest BCUT2D eigenvalue weighted by Crippen LogP contribution is -2.14. The predicted octanol–water partition coefficient (Wildman–Crippen LogP) is 5.15. The molecule has 6 nitrogen and oxygen atoms in total. The standard InChI is InChI=1S/C24H19N3O3/c1-16-7-12-20(26-23(28)18-5-3-2-4-6-18)13-21(16)27-24(29)19-10-8-17(9-11-19)22-14-25-15-30-22/h2-15H,1H3,(H,26,28)(H,27,29). The fourth-order valence-electron chi connectivity index (χ4n) is 2.97. The van der Waals surface area contributed by atoms with Crippen LogP contribution in [0.25, 0.3) is 11.3 Å². The maximum absolute atomic E-state index is 12.7. The van der Waals surface area contributed by atoms with Gasteiger partial charge < -0.3 is 15.1 Å². The molecule has 0 saturated heterocycles. The first-order chi connectivity index (χ1) is 14.6. The highest BCUT2D eigenvalue weighted by atomic mass is 16.3. The Morgan fingerprint density at radius 2 is 1.53 bits per heavy atom. The summed E-state index contributed by atoms with van der Waals surface area (Å²) in [5, 5.41) is 5.76. The van der Waals surface area contributed by atoms with E-state index in [9.17, 15) is 9.59 Å². The molecule has 0 aliphatic rings. The van der Waals surface area contributed by atoms with Crippen LogP contribution in [0.1, 0.15) is 26.3 Å². The number of amides is 2. The van der Waals surface area contributed by atoms with E-state index in [2.05, 4.69) is 15.6 Å². The summed E-state index contributed by atoms with van der Waals surface area (Å²) in [6.07, 6.45) is 2.98. The highest BCUT2D eigenvalue weighted by Crippen LogP contribution is 2.23. The molecule has 2 N–H and O–H groups in total. The minimum absolute atomic E-state index is 0.209. The van der Waals surface area contributed by atoms with Gasteiger partial charge in [0.1, 0.15) is 0 Å². The summed E-state index contributed by atoms with van der Waals surface area (Å²) < 4.78 is 5.26. The Bertz CT molecular complexity index is 1170. The zero-order valence-corrected chi connectivity index (χ0v) is 16.3. The number of hydrogen-bond donors (Lipinski definition) is 2. The Hall–Kier alpha value is -4.19. The van der Waals surface area contributed by atoms with E-state index in [1.807, 2.05) is 31.2 Å². The summed E-state index contributed by atoms with van der Waals surface area (Å²) in [5.74, 6) is 0.188. The minimum Gasteiger partial charge on any atom is -0.444 e. The molecule has 6 heteroatoms. The Balaban J connectivity index is 1.48. The summed E-state index contributed by atoms with van der Waals surface area (Å²) in [6, 6.07) is 21.4. The first-order valence-corrected chi connectivity index (χ1v) is 9.37. The fourth-order valence-corrected chi connectivity index (χ4v) is 2.97. The number of nitrogens with one attached hydrogen (secondary N) is 2. The van der Waals surface area contributed by atoms with Crippen molar-refractivity contribution in [1.82, 2.24) is 4.98 Å². The molecule has 4 aromatic rings. The van der Waals surface area contributed by atoms with Gasteiger partial charge in [-0.15, -0.1) is 0 Å². The van der Waals surface area contributed by atoms with Crippen LogP contribution in [0.2, 0.25) is 0 Å². The van der Waals surface area contributed by atoms with Crippen LogP contribution >= 0.6 is 0 Å². The van der Waals surface area contributed by atoms with Gasteiger partial charge in [0.05, 0.1) is 6.20 Å². The average Bonchev–Trinajstić information content (AvgIpc) is 3.32. The second-order valence-corrected chi connectivity index (χ2v) is 6.75. The van der Waals surface area contributed by atoms with Gasteiger partial charge in [0.25, 0.3) is 11.8 Å². The van der Waals surface area contributed by atoms with Crippen molar-refractivity contribution in [3.05, 3.63) is 102 Å². The zero-order chi connectivity index (χ0) is 20.9. The largest absolute Gasteiger partial charge is 0.444 e. The van der Waals surface area contributed by atoms with Crippen LogP contribution in [0.3, 0.4) is 0 Å². The molecular weight excluding hydrogens is 378 g/mol. The summed E-state index contributed by atoms with van der Waals surface area (Å²) in [7, 11) is 0. The Labute approximate surface area is 173 Å². The van der Waals surface area contributed by atoms with Crippen molar-refractivity contribution in [2.45, 2.75) is 6.92 Å². The third-order valence-corrected chi connectivity index (χ3v) is 4.64. The van der Waals surface area contributed by atoms with Crippen LogP contribution in [0.4, 0.5) is 11.4 Å². The zero-order valence-electron chi connectivity index (χ0n) is 16.3. The first kappa shape index (κ1) is 19.1. The minimum atomic E-state index is -0.242. The van der Waals surface area contributed by atoms with Gasteiger partial charge in [-0.1, -0.05) is 36.4 Å². The number of rotatable bonds is 5. The second-order valence-electron chi connectivity index (χ2n) is 6.75. The quantitative estimate of drug-likeness (QED) is 0.487. The van der Waals surface area contributed by atoms with Crippen LogP contribution in [-0.4, -0.2) is 16.8 Å². The van der Waals surface area contributed by atoms with Crippen molar-refractivity contribution in [1.29, 1.82) is 0 Å². The van der Waals surface area contributed by atoms with Crippen LogP contribution in [0, 0.1) is 6.92 Å². The molecule has 0 aliphatic carbocycles. The number of anilines is 2. The van der Waals surface area contributed by atoms with E-state index >= 15 is 0 Å². The second kappa shape index (κ2) is 8.45. The number of nitrogens with zero attached hydrogens (tertiary/aromatic N) is 1. The highest BCUT2D eigenvalue weighted by Gasteiger charge is 2.11. The lowest BCUT2D eigenvalue weighted by molar-refractivity contribution is 0.101. The molecule has 30 heavy (non-hydrogen) atoms. The predicted molar refractivity (Wildman–Crippen MR) is 115 cm³/mol. The van der Waals surface area contributed by atoms with E-state index in [-0.39, 0.29) is 11.8 Å². The highest BCUT2D eigenvalue weighted by molar-refractivity contribution is 6.06. The molecule has 0 radical (unpaired) electrons. The third-order valence-electron chi connectivity index (χ3n) is 4.64. The molecule has 0 saturated carbocycles. The smallest absolute Gasteiger partial charge is 0.255 e. The number of carbonyl (C=O) groups is 2. The molecule has 0 spiro atoms. The van der Waals surface area contributed by atoms with Gasteiger partial charge in [-0.25, -0.2) is 4.98 Å². The molecular formula is C24H19N3O3. The fraction of sp³-hybridized carbons (Fsp3) is 0.0417. The van der Waals surface area contributed by atoms with E-state index in [1.165, 1.54) is 6.39 Å². The molecule has 0 bridgehead atoms. The topological polar surface area (TPSA) is 84.2 Å². The van der Waals surface area contributed by atoms with Gasteiger partial charge in [-0.2, -0.15) is 0 Å². The summed E-state index contributed by atoms with van der Waals surface area (Å²) in [5.41, 5.74) is 4.03. The number of carbonyl (C=O) groups excluding carboxylic acids is 2. The Morgan fingerprint density at radius 3 is 2.23 bits per heavy atom. The van der Waals surface area contributed by atoms with Crippen molar-refractivity contribution in [2.24, 2.45) is 0 Å². The van der Waals surface area contributed by atoms with Gasteiger partial charge in [0.15, 0.2) is 12.2 Å². The van der Waals surface area contributed by atoms with Crippen molar-refractivity contribution in [3.63, 3.8) is 0 Å². The monoisotopic (exact) mass is 397 g/mol. The van der Waals surface area contributed by atoms with E-state index in [1.54, 1.807) is 54.7 Å². The molecule has 0 atom stereocenters. The van der Waals surface area contributed by atoms with E-state index in [0.29, 0.717) is 28.3 Å². The lowest BCUT2D eigenvalue weighted by atomic mass is 10.1. The summed E-state index contributed by atoms with van der Waals surface area (Å²) >= 11 is 0. The Morgan fingerprint density at radius 1 is 0.833 bits per heavy atom. The van der Waals surface area contributed by atoms with Gasteiger partial charge in [0, 0.05) is 28.1 Å². The Kier molecular flexibility index (Phi) is 5.39. The summed E-state index contributed by atoms with van der Waals surface area (Å²) in [6.45, 7) is 1.89. The molecule has 2 amide bonds. The SMILES string of the molecule is Cc1ccc(NC(=O)c2ccccc2)cc1NC(=O)c1ccc(-c2cnco2)cc1. The average molecular weight is 397 g/mol. The number of aromatic nitrogens is 1. The maximum atomic E-state index is 12.7. The van der Waals surface area contributed by atoms with Gasteiger partial charge in [-0.3, -0.25) is 9.59 Å². The van der Waals surface area contributed by atoms with Crippen LogP contribution in [-0.2, 0) is 0 Å². The number of hydrogen-bond acceptors (Lipinski definition) is 4. The lowest BCUT2D eigenvalue weighted by Gasteiger charge is -2.12. The molecule has 0 aliphatic heterocycles. The van der Waals surface area contributed by atoms with Gasteiger partial charge in [-0.05, 0) is 48.9 Å². The van der Waals surface area contributed by atoms with Crippen molar-refractivity contribution in [2.75, 3.05) is 10.6 Å². The molecule has 4 rings (SSSR count). The first-order valence-electron chi connectivity index (χ1n) is 9.37. The number of benzene rings is 3.